The van der Waals surface area contributed by atoms with Crippen LogP contribution in [-0.2, 0) is 21.7 Å². The molecule has 0 fully saturated rings. The normalized spacial score (nSPS) is 14.2. The molecule has 78 heavy (non-hydrogen) atoms. The van der Waals surface area contributed by atoms with E-state index < -0.39 is 0 Å². The minimum atomic E-state index is -0.159. The van der Waals surface area contributed by atoms with Gasteiger partial charge in [0.25, 0.3) is 0 Å². The number of benzene rings is 10. The number of furan rings is 2. The molecule has 0 saturated heterocycles. The molecule has 0 bridgehead atoms. The SMILES string of the molecule is CC(C)(C)c1ccc(N(c2ccc3c(c2)C(C)(C)c2ccccc2-3)c2ccc3c(c2)oc2cc4c(C#N)c5oc6cc(N(c7ccc(C(C)(C)C)cc7)c7ccc8c(c7)C(C)(C)c7ccccc7-8)ccc6c5cc4cc23)cc1. The lowest BCUT2D eigenvalue weighted by Gasteiger charge is -2.29. The molecule has 12 aromatic rings. The summed E-state index contributed by atoms with van der Waals surface area (Å²) in [6.45, 7) is 22.8. The summed E-state index contributed by atoms with van der Waals surface area (Å²) < 4.78 is 13.7. The number of fused-ring (bicyclic) bond motifs is 13. The second-order valence-electron chi connectivity index (χ2n) is 24.9. The number of rotatable bonds is 6. The van der Waals surface area contributed by atoms with Crippen molar-refractivity contribution in [3.8, 4) is 28.3 Å². The van der Waals surface area contributed by atoms with Gasteiger partial charge in [-0.2, -0.15) is 5.26 Å². The molecular formula is C73H61N3O2. The van der Waals surface area contributed by atoms with Crippen molar-refractivity contribution >= 4 is 88.8 Å². The molecule has 2 aromatic heterocycles. The van der Waals surface area contributed by atoms with Crippen LogP contribution in [0.15, 0.2) is 197 Å². The smallest absolute Gasteiger partial charge is 0.153 e. The summed E-state index contributed by atoms with van der Waals surface area (Å²) in [4.78, 5) is 4.68. The Hall–Kier alpha value is -8.85. The second kappa shape index (κ2) is 16.6. The summed E-state index contributed by atoms with van der Waals surface area (Å²) in [5, 5.41) is 16.7. The first-order chi connectivity index (χ1) is 37.4. The van der Waals surface area contributed by atoms with Crippen molar-refractivity contribution in [2.45, 2.75) is 90.9 Å². The monoisotopic (exact) mass is 1010 g/mol. The highest BCUT2D eigenvalue weighted by Gasteiger charge is 2.37. The van der Waals surface area contributed by atoms with Gasteiger partial charge < -0.3 is 18.6 Å². The number of nitriles is 1. The Bertz CT molecular complexity index is 4520. The van der Waals surface area contributed by atoms with Crippen LogP contribution in [0, 0.1) is 11.3 Å². The van der Waals surface area contributed by atoms with Gasteiger partial charge >= 0.3 is 0 Å². The Morgan fingerprint density at radius 3 is 1.26 bits per heavy atom. The third-order valence-corrected chi connectivity index (χ3v) is 17.4. The molecule has 0 amide bonds. The lowest BCUT2D eigenvalue weighted by Crippen LogP contribution is -2.17. The molecule has 0 N–H and O–H groups in total. The van der Waals surface area contributed by atoms with E-state index in [1.807, 2.05) is 6.07 Å². The Kier molecular flexibility index (Phi) is 10.1. The van der Waals surface area contributed by atoms with Gasteiger partial charge in [-0.1, -0.05) is 154 Å². The maximum absolute atomic E-state index is 11.0. The zero-order valence-corrected chi connectivity index (χ0v) is 46.1. The van der Waals surface area contributed by atoms with Crippen LogP contribution in [0.1, 0.15) is 108 Å². The van der Waals surface area contributed by atoms with Crippen LogP contribution in [0.3, 0.4) is 0 Å². The van der Waals surface area contributed by atoms with Crippen LogP contribution in [0.4, 0.5) is 34.1 Å². The molecule has 5 heteroatoms. The molecule has 380 valence electrons. The quantitative estimate of drug-likeness (QED) is 0.166. The van der Waals surface area contributed by atoms with Gasteiger partial charge in [0.2, 0.25) is 0 Å². The van der Waals surface area contributed by atoms with Crippen molar-refractivity contribution in [3.05, 3.63) is 227 Å². The molecule has 0 aliphatic heterocycles. The first-order valence-corrected chi connectivity index (χ1v) is 27.4. The molecule has 0 radical (unpaired) electrons. The van der Waals surface area contributed by atoms with Crippen molar-refractivity contribution in [1.29, 1.82) is 5.26 Å². The highest BCUT2D eigenvalue weighted by atomic mass is 16.3. The van der Waals surface area contributed by atoms with Gasteiger partial charge in [-0.05, 0) is 163 Å². The maximum Gasteiger partial charge on any atom is 0.153 e. The number of hydrogen-bond donors (Lipinski definition) is 0. The summed E-state index contributed by atoms with van der Waals surface area (Å²) in [6, 6.07) is 71.3. The number of anilines is 6. The van der Waals surface area contributed by atoms with E-state index in [2.05, 4.69) is 267 Å². The van der Waals surface area contributed by atoms with Crippen LogP contribution in [0.25, 0.3) is 76.9 Å². The van der Waals surface area contributed by atoms with Gasteiger partial charge in [0, 0.05) is 84.0 Å². The predicted molar refractivity (Wildman–Crippen MR) is 325 cm³/mol. The number of nitrogens with zero attached hydrogens (tertiary/aromatic N) is 3. The van der Waals surface area contributed by atoms with Gasteiger partial charge in [-0.15, -0.1) is 0 Å². The van der Waals surface area contributed by atoms with Crippen LogP contribution < -0.4 is 9.80 Å². The van der Waals surface area contributed by atoms with Gasteiger partial charge in [0.1, 0.15) is 28.4 Å². The van der Waals surface area contributed by atoms with E-state index in [1.54, 1.807) is 0 Å². The van der Waals surface area contributed by atoms with E-state index >= 15 is 0 Å². The second-order valence-corrected chi connectivity index (χ2v) is 24.9. The van der Waals surface area contributed by atoms with Crippen molar-refractivity contribution in [2.24, 2.45) is 0 Å². The van der Waals surface area contributed by atoms with Crippen LogP contribution >= 0.6 is 0 Å². The number of hydrogen-bond acceptors (Lipinski definition) is 5. The molecule has 2 aliphatic carbocycles. The van der Waals surface area contributed by atoms with Crippen LogP contribution in [0.5, 0.6) is 0 Å². The molecule has 0 spiro atoms. The standard InChI is InChI=1S/C73H61N3O2/c1-70(2,3)44-19-23-46(24-20-44)75(48-27-31-54-52-15-11-13-17-62(52)72(7,8)64(54)37-48)50-29-33-56-59-35-43-36-60-57-34-30-51(40-67(57)78-69(60)61(42-74)58(43)41-68(59)77-66(56)39-50)76(47-25-21-45(22-26-47)71(4,5)6)49-28-32-55-53-16-12-14-18-63(53)73(9,10)65(55)38-49/h11-41H,1-10H3. The third-order valence-electron chi connectivity index (χ3n) is 17.4. The molecule has 0 atom stereocenters. The lowest BCUT2D eigenvalue weighted by atomic mass is 9.82. The lowest BCUT2D eigenvalue weighted by molar-refractivity contribution is 0.590. The zero-order valence-electron chi connectivity index (χ0n) is 46.1. The third kappa shape index (κ3) is 7.12. The largest absolute Gasteiger partial charge is 0.456 e. The fourth-order valence-electron chi connectivity index (χ4n) is 13.0. The zero-order chi connectivity index (χ0) is 53.8. The molecule has 0 saturated carbocycles. The van der Waals surface area contributed by atoms with Crippen LogP contribution in [-0.4, -0.2) is 0 Å². The minimum Gasteiger partial charge on any atom is -0.456 e. The summed E-state index contributed by atoms with van der Waals surface area (Å²) in [5.41, 5.74) is 22.3. The Balaban J connectivity index is 0.877. The molecule has 0 unspecified atom stereocenters. The molecule has 5 nitrogen and oxygen atoms in total. The topological polar surface area (TPSA) is 56.6 Å². The summed E-state index contributed by atoms with van der Waals surface area (Å²) in [7, 11) is 0. The fourth-order valence-corrected chi connectivity index (χ4v) is 13.0. The highest BCUT2D eigenvalue weighted by Crippen LogP contribution is 2.53. The Morgan fingerprint density at radius 1 is 0.372 bits per heavy atom. The molecule has 2 aliphatic rings. The molecular weight excluding hydrogens is 951 g/mol. The Morgan fingerprint density at radius 2 is 0.769 bits per heavy atom. The van der Waals surface area contributed by atoms with Crippen molar-refractivity contribution in [1.82, 2.24) is 0 Å². The van der Waals surface area contributed by atoms with E-state index in [1.165, 1.54) is 55.6 Å². The summed E-state index contributed by atoms with van der Waals surface area (Å²) in [6.07, 6.45) is 0. The van der Waals surface area contributed by atoms with Gasteiger partial charge in [0.15, 0.2) is 5.58 Å². The van der Waals surface area contributed by atoms with E-state index in [0.717, 1.165) is 83.2 Å². The fraction of sp³-hybridized carbons (Fsp3) is 0.192. The van der Waals surface area contributed by atoms with Gasteiger partial charge in [0.05, 0.1) is 0 Å². The summed E-state index contributed by atoms with van der Waals surface area (Å²) in [5.74, 6) is 0. The molecule has 2 heterocycles. The average molecular weight is 1010 g/mol. The van der Waals surface area contributed by atoms with E-state index in [9.17, 15) is 5.26 Å². The summed E-state index contributed by atoms with van der Waals surface area (Å²) >= 11 is 0. The first kappa shape index (κ1) is 47.6. The van der Waals surface area contributed by atoms with Gasteiger partial charge in [-0.3, -0.25) is 0 Å². The first-order valence-electron chi connectivity index (χ1n) is 27.4. The van der Waals surface area contributed by atoms with E-state index in [4.69, 9.17) is 8.83 Å². The van der Waals surface area contributed by atoms with E-state index in [0.29, 0.717) is 11.1 Å². The highest BCUT2D eigenvalue weighted by molar-refractivity contribution is 6.18. The average Bonchev–Trinajstić information content (AvgIpc) is 4.21. The predicted octanol–water partition coefficient (Wildman–Crippen LogP) is 20.7. The Labute approximate surface area is 456 Å². The van der Waals surface area contributed by atoms with Gasteiger partial charge in [-0.25, -0.2) is 0 Å². The van der Waals surface area contributed by atoms with E-state index in [-0.39, 0.29) is 21.7 Å². The van der Waals surface area contributed by atoms with Crippen molar-refractivity contribution < 1.29 is 8.83 Å². The molecule has 14 rings (SSSR count). The maximum atomic E-state index is 11.0. The van der Waals surface area contributed by atoms with Crippen molar-refractivity contribution in [2.75, 3.05) is 9.80 Å². The van der Waals surface area contributed by atoms with Crippen molar-refractivity contribution in [3.63, 3.8) is 0 Å². The minimum absolute atomic E-state index is 0.0124. The van der Waals surface area contributed by atoms with Crippen LogP contribution in [0.2, 0.25) is 0 Å². The molecule has 10 aromatic carbocycles.